The highest BCUT2D eigenvalue weighted by molar-refractivity contribution is 7.89. The van der Waals surface area contributed by atoms with Gasteiger partial charge < -0.3 is 10.5 Å². The zero-order valence-corrected chi connectivity index (χ0v) is 12.8. The first kappa shape index (κ1) is 16.2. The van der Waals surface area contributed by atoms with Crippen molar-refractivity contribution >= 4 is 27.3 Å². The minimum Gasteiger partial charge on any atom is -0.397 e. The molecule has 0 heterocycles. The summed E-state index contributed by atoms with van der Waals surface area (Å²) in [5.41, 5.74) is 6.55. The van der Waals surface area contributed by atoms with Crippen molar-refractivity contribution in [2.24, 2.45) is 0 Å². The second-order valence-electron chi connectivity index (χ2n) is 4.26. The Morgan fingerprint density at radius 1 is 1.47 bits per heavy atom. The first-order chi connectivity index (χ1) is 8.77. The molecule has 1 rings (SSSR count). The standard InChI is InChI=1S/C12H19ClN2O3S/c1-4-18-9(3)7-15-19(16,17)10-5-8(2)12(13)11(14)6-10/h5-6,9,15H,4,7,14H2,1-3H3. The molecule has 3 N–H and O–H groups in total. The first-order valence-electron chi connectivity index (χ1n) is 5.94. The Morgan fingerprint density at radius 3 is 2.63 bits per heavy atom. The molecule has 0 fully saturated rings. The second-order valence-corrected chi connectivity index (χ2v) is 6.41. The van der Waals surface area contributed by atoms with Crippen molar-refractivity contribution in [3.05, 3.63) is 22.7 Å². The average Bonchev–Trinajstić information content (AvgIpc) is 2.33. The third-order valence-electron chi connectivity index (χ3n) is 2.58. The number of hydrogen-bond donors (Lipinski definition) is 2. The van der Waals surface area contributed by atoms with Gasteiger partial charge in [-0.15, -0.1) is 0 Å². The van der Waals surface area contributed by atoms with Crippen LogP contribution >= 0.6 is 11.6 Å². The maximum atomic E-state index is 12.1. The highest BCUT2D eigenvalue weighted by atomic mass is 35.5. The number of ether oxygens (including phenoxy) is 1. The van der Waals surface area contributed by atoms with E-state index in [9.17, 15) is 8.42 Å². The van der Waals surface area contributed by atoms with Crippen LogP contribution in [0.4, 0.5) is 5.69 Å². The van der Waals surface area contributed by atoms with Gasteiger partial charge in [0.15, 0.2) is 0 Å². The monoisotopic (exact) mass is 306 g/mol. The molecular formula is C12H19ClN2O3S. The predicted octanol–water partition coefficient (Wildman–Crippen LogP) is 1.93. The highest BCUT2D eigenvalue weighted by Gasteiger charge is 2.17. The second kappa shape index (κ2) is 6.56. The van der Waals surface area contributed by atoms with E-state index < -0.39 is 10.0 Å². The van der Waals surface area contributed by atoms with Crippen molar-refractivity contribution in [1.29, 1.82) is 0 Å². The van der Waals surface area contributed by atoms with Gasteiger partial charge in [0.25, 0.3) is 0 Å². The van der Waals surface area contributed by atoms with Gasteiger partial charge >= 0.3 is 0 Å². The minimum atomic E-state index is -3.60. The SMILES string of the molecule is CCOC(C)CNS(=O)(=O)c1cc(C)c(Cl)c(N)c1. The maximum absolute atomic E-state index is 12.1. The van der Waals surface area contributed by atoms with Crippen molar-refractivity contribution in [3.63, 3.8) is 0 Å². The molecule has 0 aromatic heterocycles. The number of halogens is 1. The van der Waals surface area contributed by atoms with Crippen molar-refractivity contribution < 1.29 is 13.2 Å². The number of rotatable bonds is 6. The molecule has 1 aromatic rings. The van der Waals surface area contributed by atoms with Crippen LogP contribution in [-0.4, -0.2) is 27.7 Å². The summed E-state index contributed by atoms with van der Waals surface area (Å²) in [5.74, 6) is 0. The van der Waals surface area contributed by atoms with Crippen molar-refractivity contribution in [1.82, 2.24) is 4.72 Å². The summed E-state index contributed by atoms with van der Waals surface area (Å²) in [6.07, 6.45) is -0.189. The Kier molecular flexibility index (Phi) is 5.61. The fraction of sp³-hybridized carbons (Fsp3) is 0.500. The Bertz CT molecular complexity index is 523. The summed E-state index contributed by atoms with van der Waals surface area (Å²) in [7, 11) is -3.60. The van der Waals surface area contributed by atoms with Crippen LogP contribution in [0.15, 0.2) is 17.0 Å². The van der Waals surface area contributed by atoms with Crippen LogP contribution < -0.4 is 10.5 Å². The van der Waals surface area contributed by atoms with E-state index in [1.165, 1.54) is 12.1 Å². The molecule has 0 saturated heterocycles. The highest BCUT2D eigenvalue weighted by Crippen LogP contribution is 2.26. The minimum absolute atomic E-state index is 0.107. The molecule has 19 heavy (non-hydrogen) atoms. The molecule has 0 aliphatic carbocycles. The molecule has 0 radical (unpaired) electrons. The number of nitrogen functional groups attached to an aromatic ring is 1. The van der Waals surface area contributed by atoms with Crippen molar-refractivity contribution in [2.45, 2.75) is 31.8 Å². The molecule has 5 nitrogen and oxygen atoms in total. The van der Waals surface area contributed by atoms with Crippen LogP contribution in [0.2, 0.25) is 5.02 Å². The lowest BCUT2D eigenvalue weighted by Crippen LogP contribution is -2.32. The number of anilines is 1. The Labute approximate surface area is 119 Å². The molecule has 1 atom stereocenters. The maximum Gasteiger partial charge on any atom is 0.240 e. The number of aryl methyl sites for hydroxylation is 1. The van der Waals surface area contributed by atoms with E-state index in [0.717, 1.165) is 0 Å². The van der Waals surface area contributed by atoms with E-state index in [0.29, 0.717) is 17.2 Å². The number of hydrogen-bond acceptors (Lipinski definition) is 4. The van der Waals surface area contributed by atoms with Crippen molar-refractivity contribution in [2.75, 3.05) is 18.9 Å². The van der Waals surface area contributed by atoms with Crippen LogP contribution in [0, 0.1) is 6.92 Å². The van der Waals surface area contributed by atoms with E-state index in [1.807, 2.05) is 6.92 Å². The average molecular weight is 307 g/mol. The molecule has 0 saturated carbocycles. The molecule has 0 aliphatic rings. The lowest BCUT2D eigenvalue weighted by atomic mass is 10.2. The quantitative estimate of drug-likeness (QED) is 0.787. The zero-order valence-electron chi connectivity index (χ0n) is 11.2. The van der Waals surface area contributed by atoms with E-state index in [4.69, 9.17) is 22.1 Å². The summed E-state index contributed by atoms with van der Waals surface area (Å²) >= 11 is 5.91. The van der Waals surface area contributed by atoms with Gasteiger partial charge in [0.05, 0.1) is 21.7 Å². The third kappa shape index (κ3) is 4.35. The number of nitrogens with two attached hydrogens (primary N) is 1. The first-order valence-corrected chi connectivity index (χ1v) is 7.81. The van der Waals surface area contributed by atoms with Gasteiger partial charge in [-0.3, -0.25) is 0 Å². The summed E-state index contributed by atoms with van der Waals surface area (Å²) < 4.78 is 31.9. The lowest BCUT2D eigenvalue weighted by Gasteiger charge is -2.14. The largest absolute Gasteiger partial charge is 0.397 e. The Balaban J connectivity index is 2.89. The van der Waals surface area contributed by atoms with Crippen LogP contribution in [0.1, 0.15) is 19.4 Å². The van der Waals surface area contributed by atoms with Gasteiger partial charge in [-0.25, -0.2) is 13.1 Å². The Hall–Kier alpha value is -0.820. The molecule has 7 heteroatoms. The van der Waals surface area contributed by atoms with Gasteiger partial charge in [0.1, 0.15) is 0 Å². The predicted molar refractivity (Wildman–Crippen MR) is 76.9 cm³/mol. The molecule has 1 aromatic carbocycles. The van der Waals surface area contributed by atoms with Gasteiger partial charge in [0, 0.05) is 13.2 Å². The van der Waals surface area contributed by atoms with Crippen molar-refractivity contribution in [3.8, 4) is 0 Å². The van der Waals surface area contributed by atoms with Crippen LogP contribution in [0.25, 0.3) is 0 Å². The van der Waals surface area contributed by atoms with Gasteiger partial charge in [-0.2, -0.15) is 0 Å². The molecule has 108 valence electrons. The fourth-order valence-electron chi connectivity index (χ4n) is 1.57. The number of benzene rings is 1. The number of nitrogens with one attached hydrogen (secondary N) is 1. The van der Waals surface area contributed by atoms with Crippen LogP contribution in [-0.2, 0) is 14.8 Å². The van der Waals surface area contributed by atoms with Gasteiger partial charge in [0.2, 0.25) is 10.0 Å². The molecular weight excluding hydrogens is 288 g/mol. The van der Waals surface area contributed by atoms with Gasteiger partial charge in [-0.1, -0.05) is 11.6 Å². The van der Waals surface area contributed by atoms with E-state index in [1.54, 1.807) is 13.8 Å². The topological polar surface area (TPSA) is 81.4 Å². The molecule has 0 amide bonds. The van der Waals surface area contributed by atoms with E-state index >= 15 is 0 Å². The van der Waals surface area contributed by atoms with Crippen LogP contribution in [0.3, 0.4) is 0 Å². The molecule has 0 spiro atoms. The third-order valence-corrected chi connectivity index (χ3v) is 4.50. The van der Waals surface area contributed by atoms with E-state index in [-0.39, 0.29) is 23.2 Å². The fourth-order valence-corrected chi connectivity index (χ4v) is 2.92. The normalized spacial score (nSPS) is 13.5. The molecule has 0 aliphatic heterocycles. The molecule has 0 bridgehead atoms. The summed E-state index contributed by atoms with van der Waals surface area (Å²) in [6.45, 7) is 6.11. The number of sulfonamides is 1. The summed E-state index contributed by atoms with van der Waals surface area (Å²) in [4.78, 5) is 0.107. The van der Waals surface area contributed by atoms with Crippen LogP contribution in [0.5, 0.6) is 0 Å². The summed E-state index contributed by atoms with van der Waals surface area (Å²) in [5, 5.41) is 0.377. The molecule has 1 unspecified atom stereocenters. The van der Waals surface area contributed by atoms with E-state index in [2.05, 4.69) is 4.72 Å². The van der Waals surface area contributed by atoms with Gasteiger partial charge in [-0.05, 0) is 38.5 Å². The Morgan fingerprint density at radius 2 is 2.11 bits per heavy atom. The lowest BCUT2D eigenvalue weighted by molar-refractivity contribution is 0.0799. The summed E-state index contributed by atoms with van der Waals surface area (Å²) in [6, 6.07) is 2.84. The zero-order chi connectivity index (χ0) is 14.6. The smallest absolute Gasteiger partial charge is 0.240 e.